The van der Waals surface area contributed by atoms with Crippen molar-refractivity contribution in [1.29, 1.82) is 0 Å². The topological polar surface area (TPSA) is 100 Å². The quantitative estimate of drug-likeness (QED) is 0.636. The van der Waals surface area contributed by atoms with Crippen LogP contribution in [-0.4, -0.2) is 57.4 Å². The van der Waals surface area contributed by atoms with Crippen LogP contribution in [0.4, 0.5) is 14.9 Å². The first kappa shape index (κ1) is 20.9. The second-order valence-corrected chi connectivity index (χ2v) is 8.56. The van der Waals surface area contributed by atoms with Crippen molar-refractivity contribution in [2.24, 2.45) is 0 Å². The van der Waals surface area contributed by atoms with Crippen LogP contribution >= 0.6 is 0 Å². The molecule has 0 aliphatic carbocycles. The summed E-state index contributed by atoms with van der Waals surface area (Å²) in [4.78, 5) is 25.0. The second-order valence-electron chi connectivity index (χ2n) is 6.63. The molecule has 2 aromatic carbocycles. The van der Waals surface area contributed by atoms with Crippen LogP contribution in [0.15, 0.2) is 59.5 Å². The Morgan fingerprint density at radius 3 is 2.28 bits per heavy atom. The van der Waals surface area contributed by atoms with E-state index in [-0.39, 0.29) is 30.2 Å². The summed E-state index contributed by atoms with van der Waals surface area (Å²) in [5.74, 6) is -1.12. The average Bonchev–Trinajstić information content (AvgIpc) is 2.70. The molecule has 2 aromatic rings. The minimum absolute atomic E-state index is 0.0178. The molecule has 3 amide bonds. The summed E-state index contributed by atoms with van der Waals surface area (Å²) < 4.78 is 40.2. The van der Waals surface area contributed by atoms with Gasteiger partial charge in [0.25, 0.3) is 5.91 Å². The zero-order valence-electron chi connectivity index (χ0n) is 15.6. The molecule has 29 heavy (non-hydrogen) atoms. The Labute approximate surface area is 168 Å². The highest BCUT2D eigenvalue weighted by atomic mass is 32.2. The van der Waals surface area contributed by atoms with Crippen molar-refractivity contribution in [3.8, 4) is 0 Å². The normalized spacial score (nSPS) is 15.6. The maximum Gasteiger partial charge on any atom is 0.326 e. The Morgan fingerprint density at radius 2 is 1.62 bits per heavy atom. The van der Waals surface area contributed by atoms with Crippen molar-refractivity contribution < 1.29 is 27.3 Å². The van der Waals surface area contributed by atoms with Gasteiger partial charge in [0.15, 0.2) is 6.54 Å². The number of carbonyl (C=O) groups excluding carboxylic acids is 2. The van der Waals surface area contributed by atoms with Crippen LogP contribution in [0.1, 0.15) is 0 Å². The maximum absolute atomic E-state index is 13.5. The van der Waals surface area contributed by atoms with Gasteiger partial charge >= 0.3 is 6.03 Å². The number of carbonyl (C=O) groups is 2. The Bertz CT molecular complexity index is 977. The van der Waals surface area contributed by atoms with E-state index in [9.17, 15) is 22.4 Å². The van der Waals surface area contributed by atoms with E-state index in [1.54, 1.807) is 36.4 Å². The summed E-state index contributed by atoms with van der Waals surface area (Å²) in [7, 11) is -3.55. The molecule has 3 N–H and O–H groups in total. The molecule has 0 bridgehead atoms. The lowest BCUT2D eigenvalue weighted by Crippen LogP contribution is -3.15. The Balaban J connectivity index is 1.47. The molecule has 0 spiro atoms. The molecule has 0 radical (unpaired) electrons. The van der Waals surface area contributed by atoms with Gasteiger partial charge in [-0.2, -0.15) is 4.31 Å². The van der Waals surface area contributed by atoms with E-state index in [1.807, 2.05) is 0 Å². The fourth-order valence-corrected chi connectivity index (χ4v) is 4.54. The van der Waals surface area contributed by atoms with Gasteiger partial charge in [0.1, 0.15) is 5.82 Å². The predicted molar refractivity (Wildman–Crippen MR) is 104 cm³/mol. The lowest BCUT2D eigenvalue weighted by atomic mass is 10.3. The second kappa shape index (κ2) is 9.12. The van der Waals surface area contributed by atoms with Gasteiger partial charge in [-0.3, -0.25) is 10.1 Å². The van der Waals surface area contributed by atoms with Crippen molar-refractivity contribution >= 4 is 27.6 Å². The predicted octanol–water partition coefficient (Wildman–Crippen LogP) is 0.0632. The highest BCUT2D eigenvalue weighted by Crippen LogP contribution is 2.14. The van der Waals surface area contributed by atoms with Gasteiger partial charge < -0.3 is 10.2 Å². The first-order valence-corrected chi connectivity index (χ1v) is 10.5. The van der Waals surface area contributed by atoms with Gasteiger partial charge in [-0.25, -0.2) is 17.6 Å². The molecule has 8 nitrogen and oxygen atoms in total. The van der Waals surface area contributed by atoms with Crippen LogP contribution in [0.2, 0.25) is 0 Å². The average molecular weight is 421 g/mol. The van der Waals surface area contributed by atoms with E-state index in [0.29, 0.717) is 13.1 Å². The maximum atomic E-state index is 13.5. The van der Waals surface area contributed by atoms with E-state index in [2.05, 4.69) is 10.6 Å². The van der Waals surface area contributed by atoms with Gasteiger partial charge in [0.2, 0.25) is 10.0 Å². The van der Waals surface area contributed by atoms with Crippen LogP contribution in [0, 0.1) is 5.82 Å². The Kier molecular flexibility index (Phi) is 6.57. The molecule has 0 saturated carbocycles. The summed E-state index contributed by atoms with van der Waals surface area (Å²) in [5, 5.41) is 4.44. The number of hydrogen-bond donors (Lipinski definition) is 3. The standard InChI is InChI=1S/C19H21FN4O4S/c20-16-8-4-5-9-17(16)21-19(26)22-18(25)14-23-10-12-24(13-11-23)29(27,28)15-6-2-1-3-7-15/h1-9H,10-14H2,(H2,21,22,25,26)/p+1. The summed E-state index contributed by atoms with van der Waals surface area (Å²) in [6.07, 6.45) is 0. The zero-order valence-corrected chi connectivity index (χ0v) is 16.4. The number of hydrogen-bond acceptors (Lipinski definition) is 4. The molecule has 0 unspecified atom stereocenters. The SMILES string of the molecule is O=C(C[NH+]1CCN(S(=O)(=O)c2ccccc2)CC1)NC(=O)Nc1ccccc1F. The number of nitrogens with one attached hydrogen (secondary N) is 3. The molecule has 0 aromatic heterocycles. The third-order valence-electron chi connectivity index (χ3n) is 4.60. The molecule has 1 aliphatic rings. The van der Waals surface area contributed by atoms with Crippen molar-refractivity contribution in [3.63, 3.8) is 0 Å². The number of halogens is 1. The smallest absolute Gasteiger partial charge is 0.325 e. The number of quaternary nitrogens is 1. The third kappa shape index (κ3) is 5.37. The number of piperazine rings is 1. The van der Waals surface area contributed by atoms with Crippen LogP contribution < -0.4 is 15.5 Å². The Morgan fingerprint density at radius 1 is 1.00 bits per heavy atom. The van der Waals surface area contributed by atoms with E-state index in [0.717, 1.165) is 4.90 Å². The van der Waals surface area contributed by atoms with Crippen molar-refractivity contribution in [1.82, 2.24) is 9.62 Å². The van der Waals surface area contributed by atoms with E-state index >= 15 is 0 Å². The number of para-hydroxylation sites is 1. The van der Waals surface area contributed by atoms with Crippen molar-refractivity contribution in [3.05, 3.63) is 60.4 Å². The van der Waals surface area contributed by atoms with Crippen LogP contribution in [0.3, 0.4) is 0 Å². The molecule has 10 heteroatoms. The zero-order chi connectivity index (χ0) is 20.9. The number of urea groups is 1. The van der Waals surface area contributed by atoms with Gasteiger partial charge in [-0.05, 0) is 24.3 Å². The van der Waals surface area contributed by atoms with Crippen LogP contribution in [0.5, 0.6) is 0 Å². The van der Waals surface area contributed by atoms with Crippen LogP contribution in [0.25, 0.3) is 0 Å². The lowest BCUT2D eigenvalue weighted by molar-refractivity contribution is -0.895. The van der Waals surface area contributed by atoms with Crippen LogP contribution in [-0.2, 0) is 14.8 Å². The molecule has 3 rings (SSSR count). The molecular weight excluding hydrogens is 399 g/mol. The van der Waals surface area contributed by atoms with Gasteiger partial charge in [0.05, 0.1) is 36.8 Å². The van der Waals surface area contributed by atoms with Gasteiger partial charge in [-0.15, -0.1) is 0 Å². The molecule has 1 fully saturated rings. The minimum atomic E-state index is -3.55. The third-order valence-corrected chi connectivity index (χ3v) is 6.51. The number of benzene rings is 2. The molecule has 1 aliphatic heterocycles. The summed E-state index contributed by atoms with van der Waals surface area (Å²) >= 11 is 0. The largest absolute Gasteiger partial charge is 0.326 e. The number of imide groups is 1. The first-order valence-electron chi connectivity index (χ1n) is 9.10. The molecule has 1 saturated heterocycles. The Hall–Kier alpha value is -2.82. The summed E-state index contributed by atoms with van der Waals surface area (Å²) in [6, 6.07) is 13.0. The summed E-state index contributed by atoms with van der Waals surface area (Å²) in [5.41, 5.74) is -0.0233. The van der Waals surface area contributed by atoms with E-state index in [1.165, 1.54) is 22.5 Å². The number of sulfonamides is 1. The number of anilines is 1. The molecule has 1 heterocycles. The minimum Gasteiger partial charge on any atom is -0.325 e. The number of rotatable bonds is 5. The van der Waals surface area contributed by atoms with E-state index in [4.69, 9.17) is 0 Å². The number of amides is 3. The molecule has 0 atom stereocenters. The molecular formula is C19H22FN4O4S+. The molecule has 154 valence electrons. The monoisotopic (exact) mass is 421 g/mol. The highest BCUT2D eigenvalue weighted by molar-refractivity contribution is 7.89. The fraction of sp³-hybridized carbons (Fsp3) is 0.263. The lowest BCUT2D eigenvalue weighted by Gasteiger charge is -2.31. The van der Waals surface area contributed by atoms with E-state index < -0.39 is 27.8 Å². The summed E-state index contributed by atoms with van der Waals surface area (Å²) in [6.45, 7) is 1.45. The van der Waals surface area contributed by atoms with Gasteiger partial charge in [0, 0.05) is 0 Å². The number of nitrogens with zero attached hydrogens (tertiary/aromatic N) is 1. The van der Waals surface area contributed by atoms with Gasteiger partial charge in [-0.1, -0.05) is 30.3 Å². The fourth-order valence-electron chi connectivity index (χ4n) is 3.08. The first-order chi connectivity index (χ1) is 13.9. The van der Waals surface area contributed by atoms with Crippen molar-refractivity contribution in [2.45, 2.75) is 4.90 Å². The van der Waals surface area contributed by atoms with Crippen molar-refractivity contribution in [2.75, 3.05) is 38.0 Å². The highest BCUT2D eigenvalue weighted by Gasteiger charge is 2.31.